The van der Waals surface area contributed by atoms with Gasteiger partial charge < -0.3 is 10.2 Å². The van der Waals surface area contributed by atoms with Gasteiger partial charge in [-0.15, -0.1) is 11.3 Å². The molecule has 1 aromatic heterocycles. The van der Waals surface area contributed by atoms with Gasteiger partial charge in [0.1, 0.15) is 9.75 Å². The van der Waals surface area contributed by atoms with Crippen molar-refractivity contribution in [2.75, 3.05) is 0 Å². The Morgan fingerprint density at radius 2 is 1.82 bits per heavy atom. The van der Waals surface area contributed by atoms with Crippen molar-refractivity contribution in [1.29, 1.82) is 0 Å². The molecule has 4 nitrogen and oxygen atoms in total. The molecule has 0 radical (unpaired) electrons. The fourth-order valence-corrected chi connectivity index (χ4v) is 2.84. The first kappa shape index (κ1) is 13.7. The van der Waals surface area contributed by atoms with E-state index >= 15 is 0 Å². The van der Waals surface area contributed by atoms with Crippen molar-refractivity contribution in [3.63, 3.8) is 0 Å². The fraction of sp³-hybridized carbons (Fsp3) is 0.500. The van der Waals surface area contributed by atoms with Crippen molar-refractivity contribution in [2.24, 2.45) is 5.92 Å². The number of hydrogen-bond acceptors (Lipinski definition) is 3. The average molecular weight is 256 g/mol. The summed E-state index contributed by atoms with van der Waals surface area (Å²) in [7, 11) is 0. The van der Waals surface area contributed by atoms with Gasteiger partial charge in [0.05, 0.1) is 0 Å². The van der Waals surface area contributed by atoms with Gasteiger partial charge in [-0.2, -0.15) is 0 Å². The number of carboxylic acid groups (broad SMARTS) is 2. The Kier molecular flexibility index (Phi) is 4.28. The molecule has 2 N–H and O–H groups in total. The van der Waals surface area contributed by atoms with Crippen LogP contribution in [0.3, 0.4) is 0 Å². The quantitative estimate of drug-likeness (QED) is 0.847. The second-order valence-corrected chi connectivity index (χ2v) is 5.59. The van der Waals surface area contributed by atoms with Crippen molar-refractivity contribution in [1.82, 2.24) is 0 Å². The number of carboxylic acids is 2. The smallest absolute Gasteiger partial charge is 0.346 e. The molecule has 0 aromatic carbocycles. The molecule has 94 valence electrons. The Morgan fingerprint density at radius 3 is 2.24 bits per heavy atom. The Bertz CT molecular complexity index is 434. The van der Waals surface area contributed by atoms with E-state index in [4.69, 9.17) is 10.2 Å². The standard InChI is InChI=1S/C12H16O4S/c1-6(2)4-7(3)8-5-9(11(13)14)17-10(8)12(15)16/h5-7H,4H2,1-3H3,(H,13,14)(H,15,16). The molecule has 0 fully saturated rings. The first-order valence-electron chi connectivity index (χ1n) is 5.43. The fourth-order valence-electron chi connectivity index (χ4n) is 1.88. The minimum atomic E-state index is -1.07. The van der Waals surface area contributed by atoms with Crippen LogP contribution in [0.2, 0.25) is 0 Å². The van der Waals surface area contributed by atoms with Crippen molar-refractivity contribution in [3.05, 3.63) is 21.4 Å². The third kappa shape index (κ3) is 3.30. The van der Waals surface area contributed by atoms with E-state index < -0.39 is 11.9 Å². The van der Waals surface area contributed by atoms with Gasteiger partial charge in [-0.3, -0.25) is 0 Å². The molecule has 0 aliphatic rings. The first-order valence-corrected chi connectivity index (χ1v) is 6.24. The number of carbonyl (C=O) groups is 2. The summed E-state index contributed by atoms with van der Waals surface area (Å²) in [5.74, 6) is -1.61. The summed E-state index contributed by atoms with van der Waals surface area (Å²) in [6.45, 7) is 6.04. The maximum absolute atomic E-state index is 11.1. The van der Waals surface area contributed by atoms with Crippen LogP contribution in [-0.2, 0) is 0 Å². The van der Waals surface area contributed by atoms with Crippen molar-refractivity contribution in [3.8, 4) is 0 Å². The lowest BCUT2D eigenvalue weighted by Crippen LogP contribution is -2.03. The third-order valence-electron chi connectivity index (χ3n) is 2.52. The Labute approximate surface area is 104 Å². The van der Waals surface area contributed by atoms with Crippen LogP contribution in [0.4, 0.5) is 0 Å². The molecule has 1 heterocycles. The van der Waals surface area contributed by atoms with Gasteiger partial charge in [-0.05, 0) is 29.9 Å². The molecule has 0 saturated carbocycles. The van der Waals surface area contributed by atoms with Crippen LogP contribution in [0.5, 0.6) is 0 Å². The molecule has 1 rings (SSSR count). The van der Waals surface area contributed by atoms with Crippen molar-refractivity contribution in [2.45, 2.75) is 33.1 Å². The normalized spacial score (nSPS) is 12.7. The Morgan fingerprint density at radius 1 is 1.24 bits per heavy atom. The van der Waals surface area contributed by atoms with E-state index in [9.17, 15) is 9.59 Å². The van der Waals surface area contributed by atoms with Crippen LogP contribution in [0.1, 0.15) is 58.0 Å². The van der Waals surface area contributed by atoms with Crippen LogP contribution in [0.15, 0.2) is 6.07 Å². The predicted molar refractivity (Wildman–Crippen MR) is 66.1 cm³/mol. The van der Waals surface area contributed by atoms with E-state index in [1.54, 1.807) is 0 Å². The Hall–Kier alpha value is -1.36. The van der Waals surface area contributed by atoms with Crippen LogP contribution < -0.4 is 0 Å². The highest BCUT2D eigenvalue weighted by Gasteiger charge is 2.22. The van der Waals surface area contributed by atoms with E-state index in [0.29, 0.717) is 11.5 Å². The number of rotatable bonds is 5. The van der Waals surface area contributed by atoms with Gasteiger partial charge in [-0.1, -0.05) is 20.8 Å². The minimum Gasteiger partial charge on any atom is -0.477 e. The van der Waals surface area contributed by atoms with E-state index in [1.165, 1.54) is 6.07 Å². The zero-order valence-corrected chi connectivity index (χ0v) is 10.9. The topological polar surface area (TPSA) is 74.6 Å². The number of hydrogen-bond donors (Lipinski definition) is 2. The number of thiophene rings is 1. The molecular formula is C12H16O4S. The van der Waals surface area contributed by atoms with Crippen LogP contribution in [0.25, 0.3) is 0 Å². The van der Waals surface area contributed by atoms with Gasteiger partial charge in [0, 0.05) is 0 Å². The summed E-state index contributed by atoms with van der Waals surface area (Å²) in [5.41, 5.74) is 0.633. The molecule has 1 aromatic rings. The maximum Gasteiger partial charge on any atom is 0.346 e. The van der Waals surface area contributed by atoms with E-state index in [1.807, 2.05) is 6.92 Å². The molecule has 17 heavy (non-hydrogen) atoms. The zero-order valence-electron chi connectivity index (χ0n) is 10.1. The summed E-state index contributed by atoms with van der Waals surface area (Å²) in [5, 5.41) is 17.9. The molecule has 1 unspecified atom stereocenters. The second-order valence-electron chi connectivity index (χ2n) is 4.54. The van der Waals surface area contributed by atoms with Crippen LogP contribution >= 0.6 is 11.3 Å². The van der Waals surface area contributed by atoms with Gasteiger partial charge in [-0.25, -0.2) is 9.59 Å². The molecule has 0 aliphatic carbocycles. The van der Waals surface area contributed by atoms with Gasteiger partial charge in [0.15, 0.2) is 0 Å². The first-order chi connectivity index (χ1) is 7.82. The highest BCUT2D eigenvalue weighted by atomic mass is 32.1. The van der Waals surface area contributed by atoms with Crippen LogP contribution in [0, 0.1) is 5.92 Å². The van der Waals surface area contributed by atoms with E-state index in [-0.39, 0.29) is 15.7 Å². The second kappa shape index (κ2) is 5.31. The minimum absolute atomic E-state index is 0.0606. The molecule has 0 aliphatic heterocycles. The van der Waals surface area contributed by atoms with Crippen LogP contribution in [-0.4, -0.2) is 22.2 Å². The highest BCUT2D eigenvalue weighted by molar-refractivity contribution is 7.16. The van der Waals surface area contributed by atoms with Gasteiger partial charge >= 0.3 is 11.9 Å². The Balaban J connectivity index is 3.12. The van der Waals surface area contributed by atoms with E-state index in [0.717, 1.165) is 17.8 Å². The molecule has 0 saturated heterocycles. The lowest BCUT2D eigenvalue weighted by Gasteiger charge is -2.13. The maximum atomic E-state index is 11.1. The summed E-state index contributed by atoms with van der Waals surface area (Å²) in [6.07, 6.45) is 0.843. The molecule has 0 bridgehead atoms. The zero-order chi connectivity index (χ0) is 13.2. The van der Waals surface area contributed by atoms with Crippen molar-refractivity contribution >= 4 is 23.3 Å². The summed E-state index contributed by atoms with van der Waals surface area (Å²) in [6, 6.07) is 1.49. The molecular weight excluding hydrogens is 240 g/mol. The monoisotopic (exact) mass is 256 g/mol. The largest absolute Gasteiger partial charge is 0.477 e. The number of aromatic carboxylic acids is 2. The molecule has 5 heteroatoms. The molecule has 1 atom stereocenters. The summed E-state index contributed by atoms with van der Waals surface area (Å²) < 4.78 is 0. The summed E-state index contributed by atoms with van der Waals surface area (Å²) in [4.78, 5) is 22.2. The highest BCUT2D eigenvalue weighted by Crippen LogP contribution is 2.32. The third-order valence-corrected chi connectivity index (χ3v) is 3.65. The van der Waals surface area contributed by atoms with Crippen molar-refractivity contribution < 1.29 is 19.8 Å². The van der Waals surface area contributed by atoms with Gasteiger partial charge in [0.25, 0.3) is 0 Å². The average Bonchev–Trinajstić information content (AvgIpc) is 2.60. The molecule has 0 amide bonds. The van der Waals surface area contributed by atoms with Gasteiger partial charge in [0.2, 0.25) is 0 Å². The SMILES string of the molecule is CC(C)CC(C)c1cc(C(=O)O)sc1C(=O)O. The lowest BCUT2D eigenvalue weighted by atomic mass is 9.92. The summed E-state index contributed by atoms with van der Waals surface area (Å²) >= 11 is 0.832. The predicted octanol–water partition coefficient (Wildman–Crippen LogP) is 3.29. The molecule has 0 spiro atoms. The lowest BCUT2D eigenvalue weighted by molar-refractivity contribution is 0.0692. The van der Waals surface area contributed by atoms with E-state index in [2.05, 4.69) is 13.8 Å².